The summed E-state index contributed by atoms with van der Waals surface area (Å²) in [6.07, 6.45) is 0. The SMILES string of the molecule is C=C(/C(=C(/CO)OC)c1ccc(COC=O)cc1)c1ccccc1. The Labute approximate surface area is 141 Å². The molecule has 0 bridgehead atoms. The molecule has 2 aromatic rings. The van der Waals surface area contributed by atoms with Crippen molar-refractivity contribution in [1.29, 1.82) is 0 Å². The quantitative estimate of drug-likeness (QED) is 0.459. The third-order valence-electron chi connectivity index (χ3n) is 3.65. The highest BCUT2D eigenvalue weighted by molar-refractivity contribution is 6.04. The molecule has 24 heavy (non-hydrogen) atoms. The molecule has 0 aliphatic heterocycles. The molecular formula is C20H20O4. The van der Waals surface area contributed by atoms with Gasteiger partial charge in [-0.15, -0.1) is 0 Å². The molecule has 0 heterocycles. The van der Waals surface area contributed by atoms with Gasteiger partial charge < -0.3 is 14.6 Å². The van der Waals surface area contributed by atoms with Crippen LogP contribution in [0.4, 0.5) is 0 Å². The molecule has 0 aromatic heterocycles. The molecule has 0 unspecified atom stereocenters. The summed E-state index contributed by atoms with van der Waals surface area (Å²) in [6.45, 7) is 4.59. The first kappa shape index (κ1) is 17.5. The summed E-state index contributed by atoms with van der Waals surface area (Å²) in [5.74, 6) is 0.445. The highest BCUT2D eigenvalue weighted by Crippen LogP contribution is 2.33. The number of ether oxygens (including phenoxy) is 2. The van der Waals surface area contributed by atoms with Gasteiger partial charge in [0.05, 0.1) is 7.11 Å². The van der Waals surface area contributed by atoms with Crippen LogP contribution in [0.5, 0.6) is 0 Å². The Hall–Kier alpha value is -2.85. The molecular weight excluding hydrogens is 304 g/mol. The molecule has 0 aliphatic rings. The van der Waals surface area contributed by atoms with Gasteiger partial charge >= 0.3 is 0 Å². The third kappa shape index (κ3) is 4.12. The average molecular weight is 324 g/mol. The van der Waals surface area contributed by atoms with Crippen molar-refractivity contribution in [2.45, 2.75) is 6.61 Å². The van der Waals surface area contributed by atoms with Crippen molar-refractivity contribution < 1.29 is 19.4 Å². The van der Waals surface area contributed by atoms with E-state index in [1.54, 1.807) is 0 Å². The van der Waals surface area contributed by atoms with Crippen LogP contribution >= 0.6 is 0 Å². The molecule has 4 heteroatoms. The molecule has 0 aliphatic carbocycles. The van der Waals surface area contributed by atoms with Crippen molar-refractivity contribution in [3.8, 4) is 0 Å². The average Bonchev–Trinajstić information content (AvgIpc) is 2.65. The lowest BCUT2D eigenvalue weighted by Gasteiger charge is -2.16. The molecule has 0 saturated heterocycles. The number of methoxy groups -OCH3 is 1. The van der Waals surface area contributed by atoms with Crippen molar-refractivity contribution in [3.63, 3.8) is 0 Å². The largest absolute Gasteiger partial charge is 0.498 e. The first-order valence-electron chi connectivity index (χ1n) is 7.48. The molecule has 0 amide bonds. The van der Waals surface area contributed by atoms with Crippen LogP contribution < -0.4 is 0 Å². The highest BCUT2D eigenvalue weighted by Gasteiger charge is 2.15. The van der Waals surface area contributed by atoms with E-state index in [9.17, 15) is 9.90 Å². The second-order valence-electron chi connectivity index (χ2n) is 5.11. The standard InChI is InChI=1S/C20H20O4/c1-15(17-6-4-3-5-7-17)20(19(12-21)23-2)18-10-8-16(9-11-18)13-24-14-22/h3-11,14,21H,1,12-13H2,2H3/b20-19+. The fraction of sp³-hybridized carbons (Fsp3) is 0.150. The Morgan fingerprint density at radius 1 is 1.08 bits per heavy atom. The summed E-state index contributed by atoms with van der Waals surface area (Å²) >= 11 is 0. The molecule has 0 saturated carbocycles. The van der Waals surface area contributed by atoms with E-state index in [4.69, 9.17) is 9.47 Å². The van der Waals surface area contributed by atoms with Crippen LogP contribution in [-0.4, -0.2) is 25.3 Å². The van der Waals surface area contributed by atoms with Gasteiger partial charge in [0, 0.05) is 5.57 Å². The van der Waals surface area contributed by atoms with Gasteiger partial charge in [-0.1, -0.05) is 61.2 Å². The second kappa shape index (κ2) is 8.70. The lowest BCUT2D eigenvalue weighted by Crippen LogP contribution is -2.02. The zero-order chi connectivity index (χ0) is 17.4. The smallest absolute Gasteiger partial charge is 0.293 e. The number of aliphatic hydroxyl groups is 1. The van der Waals surface area contributed by atoms with Gasteiger partial charge in [-0.2, -0.15) is 0 Å². The van der Waals surface area contributed by atoms with Gasteiger partial charge in [0.15, 0.2) is 0 Å². The van der Waals surface area contributed by atoms with Crippen LogP contribution in [0.3, 0.4) is 0 Å². The molecule has 2 rings (SSSR count). The van der Waals surface area contributed by atoms with E-state index in [2.05, 4.69) is 6.58 Å². The number of carbonyl (C=O) groups is 1. The molecule has 4 nitrogen and oxygen atoms in total. The van der Waals surface area contributed by atoms with Gasteiger partial charge in [0.1, 0.15) is 19.0 Å². The number of benzene rings is 2. The van der Waals surface area contributed by atoms with Gasteiger partial charge in [0.25, 0.3) is 6.47 Å². The maximum atomic E-state index is 10.3. The van der Waals surface area contributed by atoms with E-state index in [1.807, 2.05) is 54.6 Å². The van der Waals surface area contributed by atoms with E-state index in [0.717, 1.165) is 27.8 Å². The third-order valence-corrected chi connectivity index (χ3v) is 3.65. The monoisotopic (exact) mass is 324 g/mol. The molecule has 2 aromatic carbocycles. The van der Waals surface area contributed by atoms with Crippen molar-refractivity contribution in [2.24, 2.45) is 0 Å². The minimum atomic E-state index is -0.228. The molecule has 1 N–H and O–H groups in total. The maximum Gasteiger partial charge on any atom is 0.293 e. The predicted molar refractivity (Wildman–Crippen MR) is 93.8 cm³/mol. The van der Waals surface area contributed by atoms with E-state index in [1.165, 1.54) is 7.11 Å². The number of hydrogen-bond donors (Lipinski definition) is 1. The van der Waals surface area contributed by atoms with Crippen LogP contribution in [0.1, 0.15) is 16.7 Å². The molecule has 0 radical (unpaired) electrons. The van der Waals surface area contributed by atoms with Crippen LogP contribution in [0, 0.1) is 0 Å². The van der Waals surface area contributed by atoms with Crippen molar-refractivity contribution in [1.82, 2.24) is 0 Å². The number of allylic oxidation sites excluding steroid dienone is 2. The molecule has 0 spiro atoms. The van der Waals surface area contributed by atoms with Gasteiger partial charge in [-0.05, 0) is 22.3 Å². The van der Waals surface area contributed by atoms with Crippen molar-refractivity contribution >= 4 is 17.6 Å². The first-order valence-corrected chi connectivity index (χ1v) is 7.48. The maximum absolute atomic E-state index is 10.3. The Balaban J connectivity index is 2.42. The Morgan fingerprint density at radius 2 is 1.75 bits per heavy atom. The summed E-state index contributed by atoms with van der Waals surface area (Å²) in [7, 11) is 1.52. The van der Waals surface area contributed by atoms with Crippen LogP contribution in [0.2, 0.25) is 0 Å². The summed E-state index contributed by atoms with van der Waals surface area (Å²) in [4.78, 5) is 10.3. The molecule has 124 valence electrons. The number of rotatable bonds is 8. The van der Waals surface area contributed by atoms with Gasteiger partial charge in [0.2, 0.25) is 0 Å². The zero-order valence-electron chi connectivity index (χ0n) is 13.6. The first-order chi connectivity index (χ1) is 11.7. The summed E-state index contributed by atoms with van der Waals surface area (Å²) < 4.78 is 10.1. The lowest BCUT2D eigenvalue weighted by atomic mass is 9.92. The predicted octanol–water partition coefficient (Wildman–Crippen LogP) is 3.42. The minimum absolute atomic E-state index is 0.222. The summed E-state index contributed by atoms with van der Waals surface area (Å²) in [5, 5.41) is 9.64. The number of hydrogen-bond acceptors (Lipinski definition) is 4. The second-order valence-corrected chi connectivity index (χ2v) is 5.11. The Kier molecular flexibility index (Phi) is 6.34. The highest BCUT2D eigenvalue weighted by atomic mass is 16.5. The van der Waals surface area contributed by atoms with E-state index >= 15 is 0 Å². The fourth-order valence-electron chi connectivity index (χ4n) is 2.43. The van der Waals surface area contributed by atoms with Gasteiger partial charge in [-0.25, -0.2) is 0 Å². The molecule has 0 fully saturated rings. The van der Waals surface area contributed by atoms with Crippen molar-refractivity contribution in [3.05, 3.63) is 83.6 Å². The fourth-order valence-corrected chi connectivity index (χ4v) is 2.43. The van der Waals surface area contributed by atoms with E-state index in [-0.39, 0.29) is 13.2 Å². The van der Waals surface area contributed by atoms with Crippen LogP contribution in [-0.2, 0) is 20.9 Å². The van der Waals surface area contributed by atoms with Crippen LogP contribution in [0.25, 0.3) is 11.1 Å². The zero-order valence-corrected chi connectivity index (χ0v) is 13.6. The van der Waals surface area contributed by atoms with E-state index in [0.29, 0.717) is 12.2 Å². The summed E-state index contributed by atoms with van der Waals surface area (Å²) in [6, 6.07) is 17.2. The lowest BCUT2D eigenvalue weighted by molar-refractivity contribution is -0.129. The topological polar surface area (TPSA) is 55.8 Å². The van der Waals surface area contributed by atoms with E-state index < -0.39 is 0 Å². The molecule has 0 atom stereocenters. The van der Waals surface area contributed by atoms with Crippen molar-refractivity contribution in [2.75, 3.05) is 13.7 Å². The van der Waals surface area contributed by atoms with Gasteiger partial charge in [-0.3, -0.25) is 4.79 Å². The number of carbonyl (C=O) groups excluding carboxylic acids is 1. The minimum Gasteiger partial charge on any atom is -0.498 e. The van der Waals surface area contributed by atoms with Crippen LogP contribution in [0.15, 0.2) is 66.9 Å². The Bertz CT molecular complexity index is 709. The normalized spacial score (nSPS) is 11.4. The number of aliphatic hydroxyl groups excluding tert-OH is 1. The Morgan fingerprint density at radius 3 is 2.29 bits per heavy atom. The summed E-state index contributed by atoms with van der Waals surface area (Å²) in [5.41, 5.74) is 4.19.